The molecule has 37 heavy (non-hydrogen) atoms. The lowest BCUT2D eigenvalue weighted by atomic mass is 10.0. The number of anilines is 1. The van der Waals surface area contributed by atoms with E-state index >= 15 is 0 Å². The van der Waals surface area contributed by atoms with Crippen LogP contribution < -0.4 is 26.2 Å². The minimum atomic E-state index is -2.91. The molecule has 202 valence electrons. The van der Waals surface area contributed by atoms with Gasteiger partial charge in [0.2, 0.25) is 0 Å². The van der Waals surface area contributed by atoms with Crippen molar-refractivity contribution in [3.8, 4) is 5.75 Å². The zero-order valence-corrected chi connectivity index (χ0v) is 23.6. The van der Waals surface area contributed by atoms with Gasteiger partial charge >= 0.3 is 0 Å². The molecule has 3 aromatic rings. The Hall–Kier alpha value is -3.48. The van der Waals surface area contributed by atoms with Crippen molar-refractivity contribution in [3.05, 3.63) is 81.9 Å². The molecule has 0 aliphatic heterocycles. The second kappa shape index (κ2) is 14.9. The van der Waals surface area contributed by atoms with Crippen LogP contribution in [0.5, 0.6) is 5.75 Å². The summed E-state index contributed by atoms with van der Waals surface area (Å²) in [5.74, 6) is -1.16. The maximum absolute atomic E-state index is 13.8. The van der Waals surface area contributed by atoms with E-state index in [4.69, 9.17) is 10.5 Å². The Balaban J connectivity index is 0.000000519. The Bertz CT molecular complexity index is 1230. The molecule has 1 aromatic heterocycles. The van der Waals surface area contributed by atoms with Gasteiger partial charge < -0.3 is 15.8 Å². The monoisotopic (exact) mass is 512 g/mol. The fraction of sp³-hybridized carbons (Fsp3) is 0.400. The highest BCUT2D eigenvalue weighted by Gasteiger charge is 2.26. The van der Waals surface area contributed by atoms with Crippen molar-refractivity contribution < 1.29 is 13.5 Å². The van der Waals surface area contributed by atoms with Gasteiger partial charge in [0.25, 0.3) is 5.92 Å². The number of methoxy groups -OCH3 is 1. The number of rotatable bonds is 6. The van der Waals surface area contributed by atoms with Crippen molar-refractivity contribution in [3.63, 3.8) is 0 Å². The molecule has 0 fully saturated rings. The van der Waals surface area contributed by atoms with Gasteiger partial charge in [0.15, 0.2) is 5.82 Å². The van der Waals surface area contributed by atoms with Crippen molar-refractivity contribution in [2.75, 3.05) is 12.4 Å². The highest BCUT2D eigenvalue weighted by Crippen LogP contribution is 2.29. The Labute approximate surface area is 220 Å². The number of hydrogen-bond acceptors (Lipinski definition) is 5. The summed E-state index contributed by atoms with van der Waals surface area (Å²) in [6.07, 6.45) is 1.63. The van der Waals surface area contributed by atoms with E-state index in [1.54, 1.807) is 31.5 Å². The van der Waals surface area contributed by atoms with Crippen LogP contribution in [0.4, 0.5) is 14.6 Å². The molecule has 3 N–H and O–H groups in total. The summed E-state index contributed by atoms with van der Waals surface area (Å²) in [5.41, 5.74) is 9.55. The minimum Gasteiger partial charge on any atom is -0.497 e. The third-order valence-electron chi connectivity index (χ3n) is 5.73. The second-order valence-corrected chi connectivity index (χ2v) is 8.92. The molecule has 3 rings (SSSR count). The third-order valence-corrected chi connectivity index (χ3v) is 5.73. The van der Waals surface area contributed by atoms with Gasteiger partial charge in [-0.1, -0.05) is 75.2 Å². The molecule has 0 amide bonds. The van der Waals surface area contributed by atoms with Crippen LogP contribution in [0.25, 0.3) is 11.3 Å². The van der Waals surface area contributed by atoms with Crippen molar-refractivity contribution in [1.82, 2.24) is 10.2 Å². The van der Waals surface area contributed by atoms with Crippen LogP contribution in [0.15, 0.2) is 54.7 Å². The predicted octanol–water partition coefficient (Wildman–Crippen LogP) is 6.14. The van der Waals surface area contributed by atoms with Crippen LogP contribution >= 0.6 is 0 Å². The average molecular weight is 513 g/mol. The second-order valence-electron chi connectivity index (χ2n) is 8.92. The van der Waals surface area contributed by atoms with Crippen molar-refractivity contribution >= 4 is 17.1 Å². The molecule has 7 heteroatoms. The Morgan fingerprint density at radius 1 is 1.05 bits per heavy atom. The summed E-state index contributed by atoms with van der Waals surface area (Å²) in [4.78, 5) is 0. The molecular weight excluding hydrogens is 470 g/mol. The summed E-state index contributed by atoms with van der Waals surface area (Å²) >= 11 is 0. The van der Waals surface area contributed by atoms with Crippen LogP contribution in [0.3, 0.4) is 0 Å². The highest BCUT2D eigenvalue weighted by molar-refractivity contribution is 5.55. The van der Waals surface area contributed by atoms with E-state index in [2.05, 4.69) is 36.3 Å². The molecule has 0 atom stereocenters. The molecule has 2 aromatic carbocycles. The molecule has 0 radical (unpaired) electrons. The molecule has 0 saturated carbocycles. The largest absolute Gasteiger partial charge is 0.497 e. The Morgan fingerprint density at radius 2 is 1.65 bits per heavy atom. The first kappa shape index (κ1) is 31.5. The summed E-state index contributed by atoms with van der Waals surface area (Å²) in [5, 5.41) is 13.1. The van der Waals surface area contributed by atoms with E-state index in [-0.39, 0.29) is 18.0 Å². The van der Waals surface area contributed by atoms with Gasteiger partial charge in [0.1, 0.15) is 5.75 Å². The number of nitrogens with two attached hydrogens (primary N) is 1. The first-order chi connectivity index (χ1) is 17.5. The normalized spacial score (nSPS) is 12.4. The van der Waals surface area contributed by atoms with Crippen molar-refractivity contribution in [2.24, 2.45) is 11.7 Å². The number of hydrogen-bond donors (Lipinski definition) is 2. The predicted molar refractivity (Wildman–Crippen MR) is 151 cm³/mol. The number of aryl methyl sites for hydroxylation is 1. The van der Waals surface area contributed by atoms with Crippen LogP contribution in [0, 0.1) is 12.8 Å². The zero-order chi connectivity index (χ0) is 28.2. The van der Waals surface area contributed by atoms with Crippen molar-refractivity contribution in [1.29, 1.82) is 0 Å². The first-order valence-electron chi connectivity index (χ1n) is 12.5. The quantitative estimate of drug-likeness (QED) is 0.415. The van der Waals surface area contributed by atoms with Gasteiger partial charge in [0, 0.05) is 35.2 Å². The smallest absolute Gasteiger partial charge is 0.270 e. The third kappa shape index (κ3) is 9.48. The summed E-state index contributed by atoms with van der Waals surface area (Å²) in [6.45, 7) is 15.2. The summed E-state index contributed by atoms with van der Waals surface area (Å²) in [7, 11) is 1.67. The highest BCUT2D eigenvalue weighted by atomic mass is 19.3. The standard InChI is InChI=1S/C20H26F2N4.C8H10O.C2H6/c1-12(2)13(3)18-16(14(4)23)11-25-26-19(18)24-10-15-8-6-7-9-17(15)20(5,21)22;1-7-3-5-8(9-2)6-4-7;1-2/h6-9,11-12H,10,23H2,1-5H3,(H,24,26);3-6H,1-2H3;1-2H3/b16-14+,18-13+;;. The fourth-order valence-corrected chi connectivity index (χ4v) is 3.45. The summed E-state index contributed by atoms with van der Waals surface area (Å²) < 4.78 is 32.7. The first-order valence-corrected chi connectivity index (χ1v) is 12.5. The van der Waals surface area contributed by atoms with Gasteiger partial charge in [-0.25, -0.2) is 8.78 Å². The lowest BCUT2D eigenvalue weighted by molar-refractivity contribution is 0.0166. The van der Waals surface area contributed by atoms with E-state index < -0.39 is 5.92 Å². The van der Waals surface area contributed by atoms with E-state index in [0.717, 1.165) is 28.7 Å². The van der Waals surface area contributed by atoms with E-state index in [1.165, 1.54) is 11.6 Å². The van der Waals surface area contributed by atoms with Crippen molar-refractivity contribution in [2.45, 2.75) is 67.9 Å². The molecule has 0 aliphatic carbocycles. The maximum Gasteiger partial charge on any atom is 0.270 e. The number of ether oxygens (including phenoxy) is 1. The molecule has 0 spiro atoms. The molecular formula is C30H42F2N4O. The average Bonchev–Trinajstić information content (AvgIpc) is 2.88. The van der Waals surface area contributed by atoms with Crippen LogP contribution in [0.1, 0.15) is 65.2 Å². The van der Waals surface area contributed by atoms with Gasteiger partial charge in [0.05, 0.1) is 13.3 Å². The number of benzene rings is 2. The van der Waals surface area contributed by atoms with Crippen LogP contribution in [-0.4, -0.2) is 17.3 Å². The number of alkyl halides is 2. The number of aromatic nitrogens is 2. The Kier molecular flexibility index (Phi) is 12.7. The lowest BCUT2D eigenvalue weighted by Crippen LogP contribution is -2.36. The maximum atomic E-state index is 13.8. The van der Waals surface area contributed by atoms with E-state index in [9.17, 15) is 8.78 Å². The van der Waals surface area contributed by atoms with Gasteiger partial charge in [-0.3, -0.25) is 0 Å². The molecule has 0 saturated heterocycles. The number of nitrogens with one attached hydrogen (secondary N) is 1. The lowest BCUT2D eigenvalue weighted by Gasteiger charge is -2.17. The van der Waals surface area contributed by atoms with E-state index in [0.29, 0.717) is 17.1 Å². The SMILES string of the molecule is C/C(N)=c1/cnnc(NCc2ccccc2C(C)(F)F)/c1=C(\C)C(C)C.CC.COc1ccc(C)cc1. The van der Waals surface area contributed by atoms with Gasteiger partial charge in [-0.2, -0.15) is 5.10 Å². The summed E-state index contributed by atoms with van der Waals surface area (Å²) in [6, 6.07) is 14.5. The molecule has 0 bridgehead atoms. The molecule has 0 unspecified atom stereocenters. The topological polar surface area (TPSA) is 73.1 Å². The molecule has 0 aliphatic rings. The number of nitrogens with zero attached hydrogens (tertiary/aromatic N) is 2. The zero-order valence-electron chi connectivity index (χ0n) is 23.6. The fourth-order valence-electron chi connectivity index (χ4n) is 3.45. The Morgan fingerprint density at radius 3 is 2.16 bits per heavy atom. The van der Waals surface area contributed by atoms with Gasteiger partial charge in [-0.05, 0) is 44.4 Å². The molecule has 5 nitrogen and oxygen atoms in total. The minimum absolute atomic E-state index is 0.00397. The van der Waals surface area contributed by atoms with Gasteiger partial charge in [-0.15, -0.1) is 5.10 Å². The van der Waals surface area contributed by atoms with Crippen LogP contribution in [-0.2, 0) is 12.5 Å². The van der Waals surface area contributed by atoms with Crippen LogP contribution in [0.2, 0.25) is 0 Å². The molecule has 1 heterocycles. The van der Waals surface area contributed by atoms with E-state index in [1.807, 2.05) is 52.0 Å². The number of halogens is 2.